The Hall–Kier alpha value is -2.67. The first-order valence-corrected chi connectivity index (χ1v) is 8.53. The fourth-order valence-corrected chi connectivity index (χ4v) is 3.02. The van der Waals surface area contributed by atoms with Crippen molar-refractivity contribution in [2.75, 3.05) is 10.6 Å². The van der Waals surface area contributed by atoms with Gasteiger partial charge in [0.05, 0.1) is 21.1 Å². The standard InChI is InChI=1S/C18H21N3O3S/c1-10-9-13(21-17(24)18(2,3)4)25-14(10)16(23)20-12-8-6-5-7-11(12)15(19)22/h5-9H,1-4H3,(H2,19,22)(H,20,23)(H,21,24). The van der Waals surface area contributed by atoms with Gasteiger partial charge in [0.1, 0.15) is 0 Å². The second kappa shape index (κ2) is 7.06. The normalized spacial score (nSPS) is 11.0. The SMILES string of the molecule is Cc1cc(NC(=O)C(C)(C)C)sc1C(=O)Nc1ccccc1C(N)=O. The lowest BCUT2D eigenvalue weighted by molar-refractivity contribution is -0.123. The number of nitrogens with one attached hydrogen (secondary N) is 2. The summed E-state index contributed by atoms with van der Waals surface area (Å²) in [5, 5.41) is 6.12. The molecule has 132 valence electrons. The third-order valence-corrected chi connectivity index (χ3v) is 4.63. The first-order valence-electron chi connectivity index (χ1n) is 7.71. The molecular formula is C18H21N3O3S. The van der Waals surface area contributed by atoms with Gasteiger partial charge in [-0.2, -0.15) is 0 Å². The van der Waals surface area contributed by atoms with Gasteiger partial charge in [-0.1, -0.05) is 32.9 Å². The highest BCUT2D eigenvalue weighted by atomic mass is 32.1. The van der Waals surface area contributed by atoms with Crippen LogP contribution in [-0.2, 0) is 4.79 Å². The maximum atomic E-state index is 12.5. The van der Waals surface area contributed by atoms with Gasteiger partial charge in [-0.15, -0.1) is 11.3 Å². The summed E-state index contributed by atoms with van der Waals surface area (Å²) in [7, 11) is 0. The number of amides is 3. The van der Waals surface area contributed by atoms with Gasteiger partial charge in [-0.25, -0.2) is 0 Å². The third kappa shape index (κ3) is 4.45. The van der Waals surface area contributed by atoms with E-state index < -0.39 is 11.3 Å². The van der Waals surface area contributed by atoms with E-state index in [1.54, 1.807) is 37.3 Å². The molecule has 0 bridgehead atoms. The Labute approximate surface area is 150 Å². The van der Waals surface area contributed by atoms with E-state index in [1.165, 1.54) is 11.3 Å². The van der Waals surface area contributed by atoms with E-state index in [0.29, 0.717) is 15.6 Å². The molecule has 6 nitrogen and oxygen atoms in total. The Bertz CT molecular complexity index is 834. The van der Waals surface area contributed by atoms with Crippen LogP contribution in [0.2, 0.25) is 0 Å². The molecule has 0 saturated heterocycles. The van der Waals surface area contributed by atoms with E-state index in [9.17, 15) is 14.4 Å². The summed E-state index contributed by atoms with van der Waals surface area (Å²) in [6, 6.07) is 8.30. The summed E-state index contributed by atoms with van der Waals surface area (Å²) in [4.78, 5) is 36.5. The first kappa shape index (κ1) is 18.7. The minimum Gasteiger partial charge on any atom is -0.366 e. The van der Waals surface area contributed by atoms with Gasteiger partial charge in [0.2, 0.25) is 5.91 Å². The molecule has 2 rings (SSSR count). The zero-order valence-corrected chi connectivity index (χ0v) is 15.4. The van der Waals surface area contributed by atoms with Crippen molar-refractivity contribution in [3.63, 3.8) is 0 Å². The van der Waals surface area contributed by atoms with Crippen LogP contribution < -0.4 is 16.4 Å². The van der Waals surface area contributed by atoms with Gasteiger partial charge in [-0.3, -0.25) is 14.4 Å². The van der Waals surface area contributed by atoms with Crippen molar-refractivity contribution in [1.82, 2.24) is 0 Å². The molecule has 0 aliphatic heterocycles. The van der Waals surface area contributed by atoms with E-state index in [0.717, 1.165) is 5.56 Å². The number of carbonyl (C=O) groups excluding carboxylic acids is 3. The largest absolute Gasteiger partial charge is 0.366 e. The molecule has 0 atom stereocenters. The maximum absolute atomic E-state index is 12.5. The van der Waals surface area contributed by atoms with Gasteiger partial charge >= 0.3 is 0 Å². The molecule has 0 radical (unpaired) electrons. The van der Waals surface area contributed by atoms with Crippen molar-refractivity contribution in [3.05, 3.63) is 46.3 Å². The van der Waals surface area contributed by atoms with E-state index in [2.05, 4.69) is 10.6 Å². The van der Waals surface area contributed by atoms with Gasteiger partial charge in [0, 0.05) is 5.41 Å². The molecule has 0 aliphatic carbocycles. The van der Waals surface area contributed by atoms with E-state index in [4.69, 9.17) is 5.73 Å². The Kier molecular flexibility index (Phi) is 5.27. The summed E-state index contributed by atoms with van der Waals surface area (Å²) in [6.07, 6.45) is 0. The number of benzene rings is 1. The molecule has 1 aromatic carbocycles. The van der Waals surface area contributed by atoms with Crippen LogP contribution in [0.4, 0.5) is 10.7 Å². The molecule has 0 aliphatic rings. The highest BCUT2D eigenvalue weighted by molar-refractivity contribution is 7.18. The fraction of sp³-hybridized carbons (Fsp3) is 0.278. The zero-order valence-electron chi connectivity index (χ0n) is 14.6. The molecule has 3 amide bonds. The van der Waals surface area contributed by atoms with E-state index in [-0.39, 0.29) is 17.4 Å². The number of thiophene rings is 1. The van der Waals surface area contributed by atoms with Gasteiger partial charge in [-0.05, 0) is 30.7 Å². The van der Waals surface area contributed by atoms with Crippen LogP contribution in [0.3, 0.4) is 0 Å². The molecule has 0 unspecified atom stereocenters. The van der Waals surface area contributed by atoms with Crippen LogP contribution in [0.15, 0.2) is 30.3 Å². The monoisotopic (exact) mass is 359 g/mol. The second-order valence-electron chi connectivity index (χ2n) is 6.69. The molecule has 25 heavy (non-hydrogen) atoms. The highest BCUT2D eigenvalue weighted by Gasteiger charge is 2.23. The minimum absolute atomic E-state index is 0.125. The minimum atomic E-state index is -0.614. The summed E-state index contributed by atoms with van der Waals surface area (Å²) in [5.41, 5.74) is 6.13. The molecule has 0 spiro atoms. The first-order chi connectivity index (χ1) is 11.6. The summed E-state index contributed by atoms with van der Waals surface area (Å²) < 4.78 is 0. The average molecular weight is 359 g/mol. The summed E-state index contributed by atoms with van der Waals surface area (Å²) >= 11 is 1.19. The summed E-state index contributed by atoms with van der Waals surface area (Å²) in [5.74, 6) is -1.09. The number of primary amides is 1. The van der Waals surface area contributed by atoms with E-state index >= 15 is 0 Å². The molecule has 0 fully saturated rings. The number of hydrogen-bond donors (Lipinski definition) is 3. The van der Waals surface area contributed by atoms with Crippen LogP contribution in [0.1, 0.15) is 46.4 Å². The molecule has 4 N–H and O–H groups in total. The van der Waals surface area contributed by atoms with Crippen LogP contribution in [-0.4, -0.2) is 17.7 Å². The predicted molar refractivity (Wildman–Crippen MR) is 100 cm³/mol. The van der Waals surface area contributed by atoms with Crippen LogP contribution in [0.25, 0.3) is 0 Å². The molecule has 7 heteroatoms. The Morgan fingerprint density at radius 1 is 1.08 bits per heavy atom. The Balaban J connectivity index is 2.21. The van der Waals surface area contributed by atoms with Crippen molar-refractivity contribution in [3.8, 4) is 0 Å². The lowest BCUT2D eigenvalue weighted by atomic mass is 9.96. The maximum Gasteiger partial charge on any atom is 0.266 e. The number of nitrogens with two attached hydrogens (primary N) is 1. The van der Waals surface area contributed by atoms with Crippen molar-refractivity contribution in [2.45, 2.75) is 27.7 Å². The number of aryl methyl sites for hydroxylation is 1. The van der Waals surface area contributed by atoms with Crippen LogP contribution in [0, 0.1) is 12.3 Å². The zero-order chi connectivity index (χ0) is 18.8. The lowest BCUT2D eigenvalue weighted by Crippen LogP contribution is -2.27. The molecule has 0 saturated carbocycles. The van der Waals surface area contributed by atoms with Crippen molar-refractivity contribution >= 4 is 39.7 Å². The van der Waals surface area contributed by atoms with Gasteiger partial charge in [0.25, 0.3) is 11.8 Å². The lowest BCUT2D eigenvalue weighted by Gasteiger charge is -2.16. The number of rotatable bonds is 4. The van der Waals surface area contributed by atoms with Crippen LogP contribution in [0.5, 0.6) is 0 Å². The summed E-state index contributed by atoms with van der Waals surface area (Å²) in [6.45, 7) is 7.24. The smallest absolute Gasteiger partial charge is 0.266 e. The Morgan fingerprint density at radius 3 is 2.32 bits per heavy atom. The number of anilines is 2. The van der Waals surface area contributed by atoms with Gasteiger partial charge in [0.15, 0.2) is 0 Å². The number of carbonyl (C=O) groups is 3. The molecule has 1 aromatic heterocycles. The second-order valence-corrected chi connectivity index (χ2v) is 7.74. The number of para-hydroxylation sites is 1. The fourth-order valence-electron chi connectivity index (χ4n) is 2.05. The van der Waals surface area contributed by atoms with Crippen molar-refractivity contribution in [2.24, 2.45) is 11.1 Å². The third-order valence-electron chi connectivity index (χ3n) is 3.48. The molecule has 1 heterocycles. The Morgan fingerprint density at radius 2 is 1.72 bits per heavy atom. The van der Waals surface area contributed by atoms with Gasteiger partial charge < -0.3 is 16.4 Å². The van der Waals surface area contributed by atoms with Crippen LogP contribution >= 0.6 is 11.3 Å². The molecule has 2 aromatic rings. The quantitative estimate of drug-likeness (QED) is 0.780. The average Bonchev–Trinajstić information content (AvgIpc) is 2.87. The van der Waals surface area contributed by atoms with Crippen molar-refractivity contribution in [1.29, 1.82) is 0 Å². The van der Waals surface area contributed by atoms with Crippen molar-refractivity contribution < 1.29 is 14.4 Å². The highest BCUT2D eigenvalue weighted by Crippen LogP contribution is 2.29. The topological polar surface area (TPSA) is 101 Å². The van der Waals surface area contributed by atoms with E-state index in [1.807, 2.05) is 20.8 Å². The number of hydrogen-bond acceptors (Lipinski definition) is 4. The predicted octanol–water partition coefficient (Wildman–Crippen LogP) is 3.39. The molecular weight excluding hydrogens is 338 g/mol.